The lowest BCUT2D eigenvalue weighted by atomic mass is 10.1. The Balaban J connectivity index is 2.07. The standard InChI is InChI=1S/C15H18N2O/c1-11-9-12(7-8-15(11)18-2)10-17-14-6-4-3-5-13(14)16/h3-9,17H,10,16H2,1-2H3. The van der Waals surface area contributed by atoms with Gasteiger partial charge in [0.2, 0.25) is 0 Å². The Labute approximate surface area is 108 Å². The maximum absolute atomic E-state index is 5.88. The molecule has 0 aliphatic heterocycles. The second kappa shape index (κ2) is 5.45. The zero-order valence-electron chi connectivity index (χ0n) is 10.7. The molecule has 0 bridgehead atoms. The smallest absolute Gasteiger partial charge is 0.121 e. The van der Waals surface area contributed by atoms with Crippen LogP contribution in [0.1, 0.15) is 11.1 Å². The fourth-order valence-corrected chi connectivity index (χ4v) is 1.91. The Kier molecular flexibility index (Phi) is 3.72. The maximum atomic E-state index is 5.88. The molecule has 2 aromatic carbocycles. The van der Waals surface area contributed by atoms with Crippen LogP contribution >= 0.6 is 0 Å². The van der Waals surface area contributed by atoms with Crippen molar-refractivity contribution in [2.75, 3.05) is 18.2 Å². The second-order valence-corrected chi connectivity index (χ2v) is 4.24. The highest BCUT2D eigenvalue weighted by atomic mass is 16.5. The average Bonchev–Trinajstić information content (AvgIpc) is 2.38. The van der Waals surface area contributed by atoms with Gasteiger partial charge >= 0.3 is 0 Å². The van der Waals surface area contributed by atoms with Gasteiger partial charge in [0.05, 0.1) is 18.5 Å². The summed E-state index contributed by atoms with van der Waals surface area (Å²) >= 11 is 0. The third kappa shape index (κ3) is 2.74. The Morgan fingerprint density at radius 2 is 1.94 bits per heavy atom. The number of methoxy groups -OCH3 is 1. The van der Waals surface area contributed by atoms with E-state index in [4.69, 9.17) is 10.5 Å². The van der Waals surface area contributed by atoms with Gasteiger partial charge in [0.1, 0.15) is 5.75 Å². The summed E-state index contributed by atoms with van der Waals surface area (Å²) in [4.78, 5) is 0. The van der Waals surface area contributed by atoms with Crippen molar-refractivity contribution in [2.45, 2.75) is 13.5 Å². The van der Waals surface area contributed by atoms with Gasteiger partial charge in [-0.1, -0.05) is 24.3 Å². The van der Waals surface area contributed by atoms with Gasteiger partial charge in [-0.3, -0.25) is 0 Å². The monoisotopic (exact) mass is 242 g/mol. The summed E-state index contributed by atoms with van der Waals surface area (Å²) in [6.07, 6.45) is 0. The quantitative estimate of drug-likeness (QED) is 0.809. The van der Waals surface area contributed by atoms with E-state index in [1.807, 2.05) is 37.3 Å². The highest BCUT2D eigenvalue weighted by molar-refractivity contribution is 5.65. The number of aryl methyl sites for hydroxylation is 1. The van der Waals surface area contributed by atoms with Gasteiger partial charge < -0.3 is 15.8 Å². The normalized spacial score (nSPS) is 10.1. The molecular weight excluding hydrogens is 224 g/mol. The summed E-state index contributed by atoms with van der Waals surface area (Å²) < 4.78 is 5.24. The zero-order chi connectivity index (χ0) is 13.0. The third-order valence-corrected chi connectivity index (χ3v) is 2.90. The largest absolute Gasteiger partial charge is 0.496 e. The minimum Gasteiger partial charge on any atom is -0.496 e. The molecule has 3 heteroatoms. The molecule has 2 rings (SSSR count). The first-order valence-electron chi connectivity index (χ1n) is 5.92. The minimum atomic E-state index is 0.749. The van der Waals surface area contributed by atoms with E-state index in [1.165, 1.54) is 5.56 Å². The molecule has 94 valence electrons. The molecule has 18 heavy (non-hydrogen) atoms. The molecule has 0 fully saturated rings. The van der Waals surface area contributed by atoms with Crippen LogP contribution in [0.3, 0.4) is 0 Å². The summed E-state index contributed by atoms with van der Waals surface area (Å²) in [6.45, 7) is 2.79. The van der Waals surface area contributed by atoms with Gasteiger partial charge in [-0.05, 0) is 36.2 Å². The van der Waals surface area contributed by atoms with E-state index >= 15 is 0 Å². The summed E-state index contributed by atoms with van der Waals surface area (Å²) in [5.41, 5.74) is 9.95. The van der Waals surface area contributed by atoms with Crippen molar-refractivity contribution < 1.29 is 4.74 Å². The van der Waals surface area contributed by atoms with E-state index in [-0.39, 0.29) is 0 Å². The maximum Gasteiger partial charge on any atom is 0.121 e. The van der Waals surface area contributed by atoms with Crippen LogP contribution in [0.5, 0.6) is 5.75 Å². The summed E-state index contributed by atoms with van der Waals surface area (Å²) in [6, 6.07) is 13.9. The van der Waals surface area contributed by atoms with Gasteiger partial charge in [-0.2, -0.15) is 0 Å². The van der Waals surface area contributed by atoms with Gasteiger partial charge in [-0.15, -0.1) is 0 Å². The summed E-state index contributed by atoms with van der Waals surface area (Å²) in [5.74, 6) is 0.915. The van der Waals surface area contributed by atoms with Gasteiger partial charge in [-0.25, -0.2) is 0 Å². The molecule has 0 saturated carbocycles. The number of para-hydroxylation sites is 2. The lowest BCUT2D eigenvalue weighted by molar-refractivity contribution is 0.411. The molecule has 0 aliphatic carbocycles. The number of hydrogen-bond donors (Lipinski definition) is 2. The number of ether oxygens (including phenoxy) is 1. The molecule has 0 heterocycles. The van der Waals surface area contributed by atoms with Gasteiger partial charge in [0.15, 0.2) is 0 Å². The van der Waals surface area contributed by atoms with Crippen LogP contribution in [0, 0.1) is 6.92 Å². The van der Waals surface area contributed by atoms with Crippen molar-refractivity contribution in [1.29, 1.82) is 0 Å². The molecule has 0 aliphatic rings. The highest BCUT2D eigenvalue weighted by Crippen LogP contribution is 2.21. The Morgan fingerprint density at radius 1 is 1.17 bits per heavy atom. The number of nitrogen functional groups attached to an aromatic ring is 1. The van der Waals surface area contributed by atoms with Crippen molar-refractivity contribution in [2.24, 2.45) is 0 Å². The van der Waals surface area contributed by atoms with E-state index in [0.717, 1.165) is 29.2 Å². The number of nitrogens with two attached hydrogens (primary N) is 1. The number of anilines is 2. The van der Waals surface area contributed by atoms with Crippen LogP contribution < -0.4 is 15.8 Å². The van der Waals surface area contributed by atoms with E-state index in [2.05, 4.69) is 17.4 Å². The third-order valence-electron chi connectivity index (χ3n) is 2.90. The molecule has 3 nitrogen and oxygen atoms in total. The van der Waals surface area contributed by atoms with E-state index in [9.17, 15) is 0 Å². The molecule has 2 aromatic rings. The number of benzene rings is 2. The van der Waals surface area contributed by atoms with Gasteiger partial charge in [0, 0.05) is 6.54 Å². The number of rotatable bonds is 4. The van der Waals surface area contributed by atoms with Crippen molar-refractivity contribution in [3.63, 3.8) is 0 Å². The molecule has 0 aromatic heterocycles. The number of nitrogens with one attached hydrogen (secondary N) is 1. The SMILES string of the molecule is COc1ccc(CNc2ccccc2N)cc1C. The first-order chi connectivity index (χ1) is 8.70. The molecular formula is C15H18N2O. The van der Waals surface area contributed by atoms with Crippen LogP contribution in [0.25, 0.3) is 0 Å². The van der Waals surface area contributed by atoms with Gasteiger partial charge in [0.25, 0.3) is 0 Å². The first-order valence-corrected chi connectivity index (χ1v) is 5.92. The minimum absolute atomic E-state index is 0.749. The van der Waals surface area contributed by atoms with Crippen LogP contribution in [0.2, 0.25) is 0 Å². The molecule has 0 spiro atoms. The van der Waals surface area contributed by atoms with E-state index in [1.54, 1.807) is 7.11 Å². The Hall–Kier alpha value is -2.16. The van der Waals surface area contributed by atoms with Crippen molar-refractivity contribution in [1.82, 2.24) is 0 Å². The van der Waals surface area contributed by atoms with Crippen LogP contribution in [0.15, 0.2) is 42.5 Å². The molecule has 0 radical (unpaired) electrons. The van der Waals surface area contributed by atoms with Crippen LogP contribution in [0.4, 0.5) is 11.4 Å². The zero-order valence-corrected chi connectivity index (χ0v) is 10.7. The van der Waals surface area contributed by atoms with Crippen LogP contribution in [-0.4, -0.2) is 7.11 Å². The first kappa shape index (κ1) is 12.3. The predicted molar refractivity (Wildman–Crippen MR) is 75.9 cm³/mol. The number of hydrogen-bond acceptors (Lipinski definition) is 3. The Bertz CT molecular complexity index is 538. The lowest BCUT2D eigenvalue weighted by Crippen LogP contribution is -2.02. The topological polar surface area (TPSA) is 47.3 Å². The molecule has 0 amide bonds. The molecule has 3 N–H and O–H groups in total. The molecule has 0 unspecified atom stereocenters. The Morgan fingerprint density at radius 3 is 2.61 bits per heavy atom. The van der Waals surface area contributed by atoms with Crippen LogP contribution in [-0.2, 0) is 6.54 Å². The molecule has 0 atom stereocenters. The van der Waals surface area contributed by atoms with Crippen molar-refractivity contribution in [3.8, 4) is 5.75 Å². The summed E-state index contributed by atoms with van der Waals surface area (Å²) in [5, 5.41) is 3.33. The fourth-order valence-electron chi connectivity index (χ4n) is 1.91. The average molecular weight is 242 g/mol. The lowest BCUT2D eigenvalue weighted by Gasteiger charge is -2.11. The highest BCUT2D eigenvalue weighted by Gasteiger charge is 2.01. The van der Waals surface area contributed by atoms with E-state index in [0.29, 0.717) is 0 Å². The second-order valence-electron chi connectivity index (χ2n) is 4.24. The van der Waals surface area contributed by atoms with E-state index < -0.39 is 0 Å². The molecule has 0 saturated heterocycles. The van der Waals surface area contributed by atoms with Crippen molar-refractivity contribution >= 4 is 11.4 Å². The van der Waals surface area contributed by atoms with Crippen molar-refractivity contribution in [3.05, 3.63) is 53.6 Å². The predicted octanol–water partition coefficient (Wildman–Crippen LogP) is 3.20. The summed E-state index contributed by atoms with van der Waals surface area (Å²) in [7, 11) is 1.69. The fraction of sp³-hybridized carbons (Fsp3) is 0.200.